The lowest BCUT2D eigenvalue weighted by Gasteiger charge is -2.04. The van der Waals surface area contributed by atoms with Crippen LogP contribution in [0.15, 0.2) is 0 Å². The Morgan fingerprint density at radius 3 is 2.40 bits per heavy atom. The molecule has 0 saturated carbocycles. The Morgan fingerprint density at radius 2 is 2.10 bits per heavy atom. The summed E-state index contributed by atoms with van der Waals surface area (Å²) in [6, 6.07) is 0. The van der Waals surface area contributed by atoms with Crippen molar-refractivity contribution in [3.63, 3.8) is 0 Å². The third-order valence-electron chi connectivity index (χ3n) is 0.658. The first-order chi connectivity index (χ1) is 4.45. The average Bonchev–Trinajstić information content (AvgIpc) is 1.59. The van der Waals surface area contributed by atoms with E-state index < -0.39 is 22.0 Å². The third kappa shape index (κ3) is 6.68. The van der Waals surface area contributed by atoms with E-state index in [4.69, 9.17) is 9.66 Å². The van der Waals surface area contributed by atoms with Crippen LogP contribution in [0.3, 0.4) is 0 Å². The molecule has 0 aromatic rings. The Bertz CT molecular complexity index is 175. The van der Waals surface area contributed by atoms with Crippen LogP contribution in [0.1, 0.15) is 0 Å². The molecule has 7 heteroatoms. The van der Waals surface area contributed by atoms with Crippen molar-refractivity contribution in [2.45, 2.75) is 6.10 Å². The lowest BCUT2D eigenvalue weighted by Crippen LogP contribution is -2.23. The fourth-order valence-electron chi connectivity index (χ4n) is 0.364. The number of rotatable bonds is 4. The van der Waals surface area contributed by atoms with Crippen molar-refractivity contribution >= 4 is 33.1 Å². The molecule has 0 aliphatic carbocycles. The standard InChI is InChI=1S/C3H7IO5S/c4-9-1-3(5)2-10(6,7)8/h3,5H,1-2H2,(H,6,7,8). The van der Waals surface area contributed by atoms with Crippen molar-refractivity contribution in [2.24, 2.45) is 0 Å². The molecule has 5 nitrogen and oxygen atoms in total. The van der Waals surface area contributed by atoms with Gasteiger partial charge in [-0.1, -0.05) is 0 Å². The van der Waals surface area contributed by atoms with E-state index in [0.717, 1.165) is 0 Å². The highest BCUT2D eigenvalue weighted by atomic mass is 127. The zero-order chi connectivity index (χ0) is 8.20. The van der Waals surface area contributed by atoms with Gasteiger partial charge in [0.1, 0.15) is 28.8 Å². The molecule has 0 amide bonds. The molecule has 10 heavy (non-hydrogen) atoms. The summed E-state index contributed by atoms with van der Waals surface area (Å²) in [5.74, 6) is -0.685. The Kier molecular flexibility index (Phi) is 4.69. The van der Waals surface area contributed by atoms with Gasteiger partial charge in [-0.05, 0) is 0 Å². The van der Waals surface area contributed by atoms with Gasteiger partial charge in [-0.3, -0.25) is 4.55 Å². The molecule has 62 valence electrons. The highest BCUT2D eigenvalue weighted by molar-refractivity contribution is 14.1. The van der Waals surface area contributed by atoms with Gasteiger partial charge in [0.05, 0.1) is 12.7 Å². The summed E-state index contributed by atoms with van der Waals surface area (Å²) in [6.07, 6.45) is -1.16. The summed E-state index contributed by atoms with van der Waals surface area (Å²) in [5.41, 5.74) is 0. The van der Waals surface area contributed by atoms with E-state index in [1.165, 1.54) is 23.0 Å². The van der Waals surface area contributed by atoms with E-state index in [1.54, 1.807) is 0 Å². The van der Waals surface area contributed by atoms with Gasteiger partial charge in [0.15, 0.2) is 0 Å². The lowest BCUT2D eigenvalue weighted by molar-refractivity contribution is 0.147. The molecular formula is C3H7IO5S. The molecule has 0 saturated heterocycles. The van der Waals surface area contributed by atoms with Gasteiger partial charge in [-0.2, -0.15) is 8.42 Å². The Balaban J connectivity index is 3.69. The van der Waals surface area contributed by atoms with Crippen LogP contribution in [0.2, 0.25) is 0 Å². The summed E-state index contributed by atoms with van der Waals surface area (Å²) < 4.78 is 32.7. The second-order valence-electron chi connectivity index (χ2n) is 1.68. The SMILES string of the molecule is O=S(=O)(O)CC(O)COI. The zero-order valence-electron chi connectivity index (χ0n) is 4.90. The predicted octanol–water partition coefficient (Wildman–Crippen LogP) is -0.398. The van der Waals surface area contributed by atoms with E-state index in [2.05, 4.69) is 3.07 Å². The largest absolute Gasteiger partial charge is 0.390 e. The van der Waals surface area contributed by atoms with Crippen LogP contribution in [0.4, 0.5) is 0 Å². The van der Waals surface area contributed by atoms with Crippen LogP contribution < -0.4 is 0 Å². The number of aliphatic hydroxyl groups excluding tert-OH is 1. The van der Waals surface area contributed by atoms with Crippen LogP contribution in [-0.2, 0) is 13.2 Å². The highest BCUT2D eigenvalue weighted by Crippen LogP contribution is 1.94. The van der Waals surface area contributed by atoms with E-state index in [-0.39, 0.29) is 6.61 Å². The number of halogens is 1. The highest BCUT2D eigenvalue weighted by Gasteiger charge is 2.13. The van der Waals surface area contributed by atoms with Gasteiger partial charge in [0.2, 0.25) is 0 Å². The van der Waals surface area contributed by atoms with E-state index >= 15 is 0 Å². The Labute approximate surface area is 72.8 Å². The predicted molar refractivity (Wildman–Crippen MR) is 42.4 cm³/mol. The van der Waals surface area contributed by atoms with E-state index in [0.29, 0.717) is 0 Å². The van der Waals surface area contributed by atoms with Gasteiger partial charge in [0.25, 0.3) is 10.1 Å². The second-order valence-corrected chi connectivity index (χ2v) is 3.80. The summed E-state index contributed by atoms with van der Waals surface area (Å²) >= 11 is 1.52. The van der Waals surface area contributed by atoms with Gasteiger partial charge in [-0.15, -0.1) is 0 Å². The van der Waals surface area contributed by atoms with Crippen molar-refractivity contribution in [1.82, 2.24) is 0 Å². The molecule has 0 aromatic carbocycles. The molecular weight excluding hydrogens is 275 g/mol. The molecule has 0 fully saturated rings. The molecule has 1 atom stereocenters. The van der Waals surface area contributed by atoms with Crippen molar-refractivity contribution < 1.29 is 21.1 Å². The first-order valence-corrected chi connectivity index (χ1v) is 4.81. The number of hydrogen-bond donors (Lipinski definition) is 2. The quantitative estimate of drug-likeness (QED) is 0.541. The van der Waals surface area contributed by atoms with Crippen LogP contribution in [0.25, 0.3) is 0 Å². The Morgan fingerprint density at radius 1 is 1.60 bits per heavy atom. The Hall–Kier alpha value is 0.560. The fourth-order valence-corrected chi connectivity index (χ4v) is 1.36. The summed E-state index contributed by atoms with van der Waals surface area (Å²) in [5, 5.41) is 8.72. The number of hydrogen-bond acceptors (Lipinski definition) is 4. The topological polar surface area (TPSA) is 83.8 Å². The van der Waals surface area contributed by atoms with E-state index in [1.807, 2.05) is 0 Å². The molecule has 2 N–H and O–H groups in total. The molecule has 0 bridgehead atoms. The zero-order valence-corrected chi connectivity index (χ0v) is 7.87. The summed E-state index contributed by atoms with van der Waals surface area (Å²) in [7, 11) is -4.08. The maximum Gasteiger partial charge on any atom is 0.267 e. The van der Waals surface area contributed by atoms with Crippen LogP contribution in [0.5, 0.6) is 0 Å². The smallest absolute Gasteiger partial charge is 0.267 e. The molecule has 1 unspecified atom stereocenters. The monoisotopic (exact) mass is 282 g/mol. The second kappa shape index (κ2) is 4.44. The van der Waals surface area contributed by atoms with Crippen molar-refractivity contribution in [3.05, 3.63) is 0 Å². The van der Waals surface area contributed by atoms with Gasteiger partial charge < -0.3 is 8.17 Å². The van der Waals surface area contributed by atoms with Crippen molar-refractivity contribution in [2.75, 3.05) is 12.4 Å². The molecule has 0 spiro atoms. The minimum atomic E-state index is -4.08. The van der Waals surface area contributed by atoms with Crippen LogP contribution in [0, 0.1) is 0 Å². The van der Waals surface area contributed by atoms with Crippen molar-refractivity contribution in [3.8, 4) is 0 Å². The van der Waals surface area contributed by atoms with E-state index in [9.17, 15) is 8.42 Å². The van der Waals surface area contributed by atoms with Crippen LogP contribution >= 0.6 is 23.0 Å². The minimum absolute atomic E-state index is 0.111. The average molecular weight is 282 g/mol. The summed E-state index contributed by atoms with van der Waals surface area (Å²) in [6.45, 7) is -0.111. The normalized spacial score (nSPS) is 15.1. The molecule has 0 aliphatic heterocycles. The minimum Gasteiger partial charge on any atom is -0.390 e. The number of aliphatic hydroxyl groups is 1. The van der Waals surface area contributed by atoms with Gasteiger partial charge in [0, 0.05) is 0 Å². The third-order valence-corrected chi connectivity index (χ3v) is 1.82. The van der Waals surface area contributed by atoms with Gasteiger partial charge in [-0.25, -0.2) is 0 Å². The maximum absolute atomic E-state index is 10.1. The first kappa shape index (κ1) is 10.6. The van der Waals surface area contributed by atoms with Gasteiger partial charge >= 0.3 is 0 Å². The molecule has 0 aromatic heterocycles. The fraction of sp³-hybridized carbons (Fsp3) is 1.00. The first-order valence-electron chi connectivity index (χ1n) is 2.32. The molecule has 0 heterocycles. The van der Waals surface area contributed by atoms with Crippen molar-refractivity contribution in [1.29, 1.82) is 0 Å². The maximum atomic E-state index is 10.1. The molecule has 0 aliphatic rings. The van der Waals surface area contributed by atoms with Crippen LogP contribution in [-0.4, -0.2) is 36.5 Å². The lowest BCUT2D eigenvalue weighted by atomic mass is 10.4. The molecule has 0 radical (unpaired) electrons. The summed E-state index contributed by atoms with van der Waals surface area (Å²) in [4.78, 5) is 0. The molecule has 0 rings (SSSR count).